The highest BCUT2D eigenvalue weighted by Gasteiger charge is 2.20. The molecule has 1 amide bonds. The number of methoxy groups -OCH3 is 1. The van der Waals surface area contributed by atoms with Gasteiger partial charge in [-0.15, -0.1) is 0 Å². The van der Waals surface area contributed by atoms with E-state index < -0.39 is 0 Å². The van der Waals surface area contributed by atoms with Gasteiger partial charge in [0.15, 0.2) is 0 Å². The molecule has 1 aliphatic rings. The van der Waals surface area contributed by atoms with Crippen molar-refractivity contribution in [2.24, 2.45) is 0 Å². The first-order chi connectivity index (χ1) is 16.7. The molecule has 1 aliphatic heterocycles. The highest BCUT2D eigenvalue weighted by molar-refractivity contribution is 5.93. The fourth-order valence-electron chi connectivity index (χ4n) is 4.25. The molecule has 2 aromatic carbocycles. The maximum atomic E-state index is 13.0. The average Bonchev–Trinajstić information content (AvgIpc) is 3.30. The number of rotatable bonds is 6. The molecule has 3 heterocycles. The van der Waals surface area contributed by atoms with Crippen LogP contribution in [0.3, 0.4) is 0 Å². The van der Waals surface area contributed by atoms with Crippen molar-refractivity contribution in [3.8, 4) is 17.0 Å². The Balaban J connectivity index is 1.38. The number of pyridine rings is 1. The van der Waals surface area contributed by atoms with Gasteiger partial charge in [0.05, 0.1) is 13.7 Å². The van der Waals surface area contributed by atoms with Crippen molar-refractivity contribution in [1.82, 2.24) is 19.7 Å². The third-order valence-electron chi connectivity index (χ3n) is 6.06. The Hall–Kier alpha value is -4.19. The van der Waals surface area contributed by atoms with Crippen molar-refractivity contribution in [2.75, 3.05) is 13.7 Å². The van der Waals surface area contributed by atoms with Crippen molar-refractivity contribution in [2.45, 2.75) is 19.5 Å². The summed E-state index contributed by atoms with van der Waals surface area (Å²) in [5, 5.41) is 4.80. The number of carbonyl (C=O) groups excluding carboxylic acids is 1. The number of hydrogen-bond donors (Lipinski definition) is 0. The van der Waals surface area contributed by atoms with Crippen molar-refractivity contribution in [3.05, 3.63) is 108 Å². The van der Waals surface area contributed by atoms with E-state index in [4.69, 9.17) is 9.84 Å². The number of hydrogen-bond acceptors (Lipinski definition) is 4. The molecule has 4 aromatic rings. The van der Waals surface area contributed by atoms with E-state index in [9.17, 15) is 4.79 Å². The van der Waals surface area contributed by atoms with Gasteiger partial charge in [-0.25, -0.2) is 0 Å². The number of amides is 1. The average molecular weight is 451 g/mol. The van der Waals surface area contributed by atoms with Crippen LogP contribution >= 0.6 is 0 Å². The second-order valence-corrected chi connectivity index (χ2v) is 8.34. The van der Waals surface area contributed by atoms with E-state index in [2.05, 4.69) is 23.2 Å². The molecule has 0 spiro atoms. The second kappa shape index (κ2) is 9.75. The van der Waals surface area contributed by atoms with Gasteiger partial charge >= 0.3 is 0 Å². The van der Waals surface area contributed by atoms with Crippen LogP contribution in [0.5, 0.6) is 5.75 Å². The smallest absolute Gasteiger partial charge is 0.246 e. The Morgan fingerprint density at radius 3 is 2.76 bits per heavy atom. The Bertz CT molecular complexity index is 1310. The van der Waals surface area contributed by atoms with E-state index in [1.54, 1.807) is 25.6 Å². The number of carbonyl (C=O) groups is 1. The summed E-state index contributed by atoms with van der Waals surface area (Å²) in [6.07, 6.45) is 9.87. The maximum absolute atomic E-state index is 13.0. The van der Waals surface area contributed by atoms with E-state index in [-0.39, 0.29) is 5.91 Å². The van der Waals surface area contributed by atoms with Crippen LogP contribution in [0.2, 0.25) is 0 Å². The lowest BCUT2D eigenvalue weighted by Crippen LogP contribution is -2.34. The van der Waals surface area contributed by atoms with Crippen LogP contribution in [0.4, 0.5) is 0 Å². The summed E-state index contributed by atoms with van der Waals surface area (Å²) in [6.45, 7) is 1.93. The Kier molecular flexibility index (Phi) is 6.21. The van der Waals surface area contributed by atoms with E-state index in [0.717, 1.165) is 40.1 Å². The molecule has 0 saturated carbocycles. The van der Waals surface area contributed by atoms with Crippen molar-refractivity contribution in [3.63, 3.8) is 0 Å². The molecule has 0 N–H and O–H groups in total. The standard InChI is InChI=1S/C28H26N4O2/c1-34-26-11-9-22-13-15-31(19-25(22)16-26)27(33)12-10-24-20-32(18-21-6-3-2-4-7-21)30-28(24)23-8-5-14-29-17-23/h2-12,14,16-17,20H,13,15,18-19H2,1H3/b12-10+. The largest absolute Gasteiger partial charge is 0.497 e. The normalized spacial score (nSPS) is 13.1. The lowest BCUT2D eigenvalue weighted by Gasteiger charge is -2.28. The summed E-state index contributed by atoms with van der Waals surface area (Å²) in [5.41, 5.74) is 6.18. The molecule has 0 radical (unpaired) electrons. The van der Waals surface area contributed by atoms with Gasteiger partial charge in [-0.05, 0) is 53.5 Å². The topological polar surface area (TPSA) is 60.2 Å². The van der Waals surface area contributed by atoms with E-state index >= 15 is 0 Å². The zero-order valence-electron chi connectivity index (χ0n) is 19.1. The molecule has 6 nitrogen and oxygen atoms in total. The number of benzene rings is 2. The molecule has 0 unspecified atom stereocenters. The third kappa shape index (κ3) is 4.76. The monoisotopic (exact) mass is 450 g/mol. The van der Waals surface area contributed by atoms with Gasteiger partial charge < -0.3 is 9.64 Å². The first-order valence-electron chi connectivity index (χ1n) is 11.3. The summed E-state index contributed by atoms with van der Waals surface area (Å²) in [6, 6.07) is 20.2. The second-order valence-electron chi connectivity index (χ2n) is 8.34. The molecule has 170 valence electrons. The molecule has 0 atom stereocenters. The third-order valence-corrected chi connectivity index (χ3v) is 6.06. The minimum atomic E-state index is -0.0126. The molecule has 0 bridgehead atoms. The van der Waals surface area contributed by atoms with E-state index in [0.29, 0.717) is 19.6 Å². The molecular weight excluding hydrogens is 424 g/mol. The van der Waals surface area contributed by atoms with Gasteiger partial charge in [0, 0.05) is 48.9 Å². The molecule has 5 rings (SSSR count). The predicted octanol–water partition coefficient (Wildman–Crippen LogP) is 4.60. The van der Waals surface area contributed by atoms with Crippen LogP contribution in [-0.2, 0) is 24.3 Å². The summed E-state index contributed by atoms with van der Waals surface area (Å²) in [7, 11) is 1.66. The van der Waals surface area contributed by atoms with Gasteiger partial charge in [0.1, 0.15) is 11.4 Å². The molecule has 0 fully saturated rings. The summed E-state index contributed by atoms with van der Waals surface area (Å²) in [5.74, 6) is 0.803. The highest BCUT2D eigenvalue weighted by Crippen LogP contribution is 2.25. The predicted molar refractivity (Wildman–Crippen MR) is 132 cm³/mol. The highest BCUT2D eigenvalue weighted by atomic mass is 16.5. The maximum Gasteiger partial charge on any atom is 0.246 e. The molecular formula is C28H26N4O2. The van der Waals surface area contributed by atoms with Crippen molar-refractivity contribution < 1.29 is 9.53 Å². The van der Waals surface area contributed by atoms with Crippen LogP contribution in [0.15, 0.2) is 85.3 Å². The van der Waals surface area contributed by atoms with Gasteiger partial charge in [0.2, 0.25) is 5.91 Å². The van der Waals surface area contributed by atoms with Crippen molar-refractivity contribution >= 4 is 12.0 Å². The Morgan fingerprint density at radius 1 is 1.09 bits per heavy atom. The van der Waals surface area contributed by atoms with Crippen LogP contribution in [0, 0.1) is 0 Å². The minimum absolute atomic E-state index is 0.0126. The van der Waals surface area contributed by atoms with Gasteiger partial charge in [-0.1, -0.05) is 36.4 Å². The molecule has 0 saturated heterocycles. The lowest BCUT2D eigenvalue weighted by atomic mass is 9.99. The zero-order valence-corrected chi connectivity index (χ0v) is 19.1. The molecule has 34 heavy (non-hydrogen) atoms. The Morgan fingerprint density at radius 2 is 1.97 bits per heavy atom. The van der Waals surface area contributed by atoms with Gasteiger partial charge in [-0.2, -0.15) is 5.10 Å². The van der Waals surface area contributed by atoms with E-state index in [1.807, 2.05) is 64.3 Å². The first kappa shape index (κ1) is 21.6. The van der Waals surface area contributed by atoms with Gasteiger partial charge in [0.25, 0.3) is 0 Å². The number of ether oxygens (including phenoxy) is 1. The minimum Gasteiger partial charge on any atom is -0.497 e. The SMILES string of the molecule is COc1ccc2c(c1)CN(C(=O)/C=C/c1cn(Cc3ccccc3)nc1-c1cccnc1)CC2. The fraction of sp³-hybridized carbons (Fsp3) is 0.179. The van der Waals surface area contributed by atoms with Crippen LogP contribution in [0.25, 0.3) is 17.3 Å². The molecule has 6 heteroatoms. The summed E-state index contributed by atoms with van der Waals surface area (Å²) >= 11 is 0. The number of aromatic nitrogens is 3. The zero-order chi connectivity index (χ0) is 23.3. The van der Waals surface area contributed by atoms with Crippen LogP contribution < -0.4 is 4.74 Å². The lowest BCUT2D eigenvalue weighted by molar-refractivity contribution is -0.126. The Labute approximate surface area is 199 Å². The summed E-state index contributed by atoms with van der Waals surface area (Å²) < 4.78 is 7.26. The van der Waals surface area contributed by atoms with Gasteiger partial charge in [-0.3, -0.25) is 14.5 Å². The molecule has 2 aromatic heterocycles. The quantitative estimate of drug-likeness (QED) is 0.403. The number of nitrogens with zero attached hydrogens (tertiary/aromatic N) is 4. The van der Waals surface area contributed by atoms with Crippen molar-refractivity contribution in [1.29, 1.82) is 0 Å². The van der Waals surface area contributed by atoms with E-state index in [1.165, 1.54) is 5.56 Å². The fourth-order valence-corrected chi connectivity index (χ4v) is 4.25. The summed E-state index contributed by atoms with van der Waals surface area (Å²) in [4.78, 5) is 19.2. The molecule has 0 aliphatic carbocycles. The first-order valence-corrected chi connectivity index (χ1v) is 11.3. The van der Waals surface area contributed by atoms with Crippen LogP contribution in [-0.4, -0.2) is 39.2 Å². The van der Waals surface area contributed by atoms with Crippen LogP contribution in [0.1, 0.15) is 22.3 Å². The number of fused-ring (bicyclic) bond motifs is 1.